The summed E-state index contributed by atoms with van der Waals surface area (Å²) < 4.78 is 16.2. The molecule has 0 aliphatic carbocycles. The molecule has 0 atom stereocenters. The second-order valence-electron chi connectivity index (χ2n) is 12.3. The monoisotopic (exact) mass is 541 g/mol. The van der Waals surface area contributed by atoms with Crippen LogP contribution in [0.5, 0.6) is 0 Å². The molecule has 0 spiro atoms. The maximum Gasteiger partial charge on any atom is 0.272 e. The predicted octanol–water partition coefficient (Wildman–Crippen LogP) is 5.53. The summed E-state index contributed by atoms with van der Waals surface area (Å²) >= 11 is 0. The minimum Gasteiger partial charge on any atom is -0.333 e. The highest BCUT2D eigenvalue weighted by Gasteiger charge is 2.26. The molecule has 0 fully saturated rings. The van der Waals surface area contributed by atoms with E-state index in [9.17, 15) is 14.0 Å². The van der Waals surface area contributed by atoms with Crippen LogP contribution < -0.4 is 4.90 Å². The lowest BCUT2D eigenvalue weighted by Crippen LogP contribution is -2.40. The summed E-state index contributed by atoms with van der Waals surface area (Å²) in [4.78, 5) is 33.4. The number of halogens is 1. The number of aryl methyl sites for hydroxylation is 1. The van der Waals surface area contributed by atoms with Gasteiger partial charge in [0.1, 0.15) is 11.5 Å². The molecule has 2 amide bonds. The molecule has 2 heterocycles. The Morgan fingerprint density at radius 3 is 2.26 bits per heavy atom. The van der Waals surface area contributed by atoms with Crippen molar-refractivity contribution in [3.05, 3.63) is 47.0 Å². The van der Waals surface area contributed by atoms with E-state index >= 15 is 0 Å². The van der Waals surface area contributed by atoms with Crippen LogP contribution in [0.1, 0.15) is 82.6 Å². The largest absolute Gasteiger partial charge is 0.333 e. The van der Waals surface area contributed by atoms with Crippen molar-refractivity contribution in [3.63, 3.8) is 0 Å². The first kappa shape index (κ1) is 30.8. The highest BCUT2D eigenvalue weighted by molar-refractivity contribution is 5.95. The van der Waals surface area contributed by atoms with Gasteiger partial charge in [0.2, 0.25) is 5.91 Å². The summed E-state index contributed by atoms with van der Waals surface area (Å²) in [6.07, 6.45) is 2.87. The lowest BCUT2D eigenvalue weighted by Gasteiger charge is -2.32. The highest BCUT2D eigenvalue weighted by atomic mass is 19.1. The Kier molecular flexibility index (Phi) is 11.1. The summed E-state index contributed by atoms with van der Waals surface area (Å²) in [6, 6.07) is 6.48. The molecule has 1 aliphatic rings. The van der Waals surface area contributed by atoms with Gasteiger partial charge in [-0.2, -0.15) is 5.10 Å². The summed E-state index contributed by atoms with van der Waals surface area (Å²) in [7, 11) is 1.80. The molecule has 216 valence electrons. The molecule has 1 aliphatic heterocycles. The van der Waals surface area contributed by atoms with Crippen molar-refractivity contribution >= 4 is 17.5 Å². The molecular formula is C31H48FN5O2. The second kappa shape index (κ2) is 14.1. The van der Waals surface area contributed by atoms with Crippen LogP contribution in [0.3, 0.4) is 0 Å². The minimum absolute atomic E-state index is 0.0353. The van der Waals surface area contributed by atoms with E-state index in [1.807, 2.05) is 24.8 Å². The normalized spacial score (nSPS) is 16.0. The average Bonchev–Trinajstić information content (AvgIpc) is 3.18. The second-order valence-corrected chi connectivity index (χ2v) is 12.3. The number of nitrogens with zero attached hydrogens (tertiary/aromatic N) is 5. The van der Waals surface area contributed by atoms with Gasteiger partial charge in [-0.05, 0) is 79.9 Å². The zero-order valence-electron chi connectivity index (χ0n) is 25.0. The minimum atomic E-state index is -0.368. The number of hydrogen-bond acceptors (Lipinski definition) is 4. The maximum atomic E-state index is 14.6. The lowest BCUT2D eigenvalue weighted by atomic mass is 10.1. The van der Waals surface area contributed by atoms with Crippen molar-refractivity contribution in [2.24, 2.45) is 24.8 Å². The molecule has 8 heteroatoms. The number of benzene rings is 1. The third-order valence-corrected chi connectivity index (χ3v) is 7.01. The van der Waals surface area contributed by atoms with Gasteiger partial charge in [0.15, 0.2) is 0 Å². The smallest absolute Gasteiger partial charge is 0.272 e. The number of carbonyl (C=O) groups is 2. The Balaban J connectivity index is 2.01. The van der Waals surface area contributed by atoms with E-state index in [-0.39, 0.29) is 30.1 Å². The Labute approximate surface area is 234 Å². The third-order valence-electron chi connectivity index (χ3n) is 7.01. The van der Waals surface area contributed by atoms with Gasteiger partial charge in [0.25, 0.3) is 5.91 Å². The number of anilines is 1. The van der Waals surface area contributed by atoms with Crippen LogP contribution in [-0.2, 0) is 24.8 Å². The molecule has 0 saturated heterocycles. The first-order valence-electron chi connectivity index (χ1n) is 14.6. The number of aromatic nitrogens is 2. The molecule has 1 aromatic carbocycles. The van der Waals surface area contributed by atoms with Crippen molar-refractivity contribution in [3.8, 4) is 0 Å². The van der Waals surface area contributed by atoms with Crippen molar-refractivity contribution < 1.29 is 14.0 Å². The van der Waals surface area contributed by atoms with Crippen LogP contribution in [0.4, 0.5) is 10.1 Å². The van der Waals surface area contributed by atoms with Crippen molar-refractivity contribution in [1.29, 1.82) is 0 Å². The fraction of sp³-hybridized carbons (Fsp3) is 0.645. The molecule has 0 N–H and O–H groups in total. The van der Waals surface area contributed by atoms with Crippen LogP contribution in [0.15, 0.2) is 24.3 Å². The molecule has 2 aromatic rings. The molecule has 1 aromatic heterocycles. The van der Waals surface area contributed by atoms with Crippen molar-refractivity contribution in [1.82, 2.24) is 19.6 Å². The van der Waals surface area contributed by atoms with Gasteiger partial charge in [-0.3, -0.25) is 14.3 Å². The lowest BCUT2D eigenvalue weighted by molar-refractivity contribution is -0.119. The zero-order valence-corrected chi connectivity index (χ0v) is 25.0. The van der Waals surface area contributed by atoms with Gasteiger partial charge in [-0.15, -0.1) is 0 Å². The summed E-state index contributed by atoms with van der Waals surface area (Å²) in [5.74, 6) is 0.707. The molecular weight excluding hydrogens is 493 g/mol. The van der Waals surface area contributed by atoms with E-state index in [0.29, 0.717) is 48.3 Å². The fourth-order valence-corrected chi connectivity index (χ4v) is 5.40. The van der Waals surface area contributed by atoms with E-state index in [2.05, 4.69) is 37.7 Å². The van der Waals surface area contributed by atoms with Gasteiger partial charge in [0, 0.05) is 45.3 Å². The number of hydrogen-bond donors (Lipinski definition) is 0. The number of rotatable bonds is 7. The van der Waals surface area contributed by atoms with E-state index < -0.39 is 0 Å². The summed E-state index contributed by atoms with van der Waals surface area (Å²) in [6.45, 7) is 16.8. The molecule has 0 bridgehead atoms. The quantitative estimate of drug-likeness (QED) is 0.462. The molecule has 0 radical (unpaired) electrons. The predicted molar refractivity (Wildman–Crippen MR) is 155 cm³/mol. The van der Waals surface area contributed by atoms with Gasteiger partial charge in [0.05, 0.1) is 5.69 Å². The summed E-state index contributed by atoms with van der Waals surface area (Å²) in [5.41, 5.74) is 2.78. The van der Waals surface area contributed by atoms with Crippen molar-refractivity contribution in [2.45, 2.75) is 73.8 Å². The molecule has 7 nitrogen and oxygen atoms in total. The van der Waals surface area contributed by atoms with Crippen LogP contribution in [0.2, 0.25) is 0 Å². The van der Waals surface area contributed by atoms with Gasteiger partial charge in [-0.25, -0.2) is 4.39 Å². The maximum absolute atomic E-state index is 14.6. The summed E-state index contributed by atoms with van der Waals surface area (Å²) in [5, 5.41) is 4.58. The number of amides is 2. The Hall–Kier alpha value is -2.74. The standard InChI is InChI=1S/C31H48FN5O2/c1-22(2)16-27-19-29(34(7)33-27)31(39)36-14-8-12-35(20-24(5)6)13-9-15-37(30(38)17-23(3)4)28-11-10-26(32)18-25(28)21-36/h10-11,18-19,22-24H,8-9,12-17,20-21H2,1-7H3. The number of carbonyl (C=O) groups excluding carboxylic acids is 2. The Bertz CT molecular complexity index is 1110. The van der Waals surface area contributed by atoms with E-state index in [4.69, 9.17) is 0 Å². The first-order chi connectivity index (χ1) is 18.4. The third kappa shape index (κ3) is 8.88. The van der Waals surface area contributed by atoms with Crippen LogP contribution in [0.25, 0.3) is 0 Å². The fourth-order valence-electron chi connectivity index (χ4n) is 5.40. The van der Waals surface area contributed by atoms with Crippen LogP contribution in [-0.4, -0.2) is 64.1 Å². The van der Waals surface area contributed by atoms with Crippen molar-refractivity contribution in [2.75, 3.05) is 37.6 Å². The highest BCUT2D eigenvalue weighted by Crippen LogP contribution is 2.27. The molecule has 0 saturated carbocycles. The molecule has 3 rings (SSSR count). The van der Waals surface area contributed by atoms with Crippen LogP contribution in [0, 0.1) is 23.6 Å². The first-order valence-corrected chi connectivity index (χ1v) is 14.6. The topological polar surface area (TPSA) is 61.7 Å². The Morgan fingerprint density at radius 1 is 0.923 bits per heavy atom. The van der Waals surface area contributed by atoms with E-state index in [1.54, 1.807) is 22.7 Å². The Morgan fingerprint density at radius 2 is 1.62 bits per heavy atom. The number of fused-ring (bicyclic) bond motifs is 1. The van der Waals surface area contributed by atoms with Crippen LogP contribution >= 0.6 is 0 Å². The van der Waals surface area contributed by atoms with E-state index in [0.717, 1.165) is 44.6 Å². The SMILES string of the molecule is CC(C)CC(=O)N1CCCN(CC(C)C)CCCN(C(=O)c2cc(CC(C)C)nn2C)Cc2cc(F)ccc21. The van der Waals surface area contributed by atoms with Gasteiger partial charge in [-0.1, -0.05) is 41.5 Å². The molecule has 0 unspecified atom stereocenters. The van der Waals surface area contributed by atoms with Gasteiger partial charge < -0.3 is 14.7 Å². The molecule has 39 heavy (non-hydrogen) atoms. The zero-order chi connectivity index (χ0) is 28.7. The van der Waals surface area contributed by atoms with E-state index in [1.165, 1.54) is 12.1 Å². The van der Waals surface area contributed by atoms with Gasteiger partial charge >= 0.3 is 0 Å². The average molecular weight is 542 g/mol.